The minimum atomic E-state index is -0.974. The fourth-order valence-corrected chi connectivity index (χ4v) is 10.9. The van der Waals surface area contributed by atoms with Gasteiger partial charge in [0.1, 0.15) is 42.4 Å². The van der Waals surface area contributed by atoms with Gasteiger partial charge in [-0.1, -0.05) is 84.3 Å². The van der Waals surface area contributed by atoms with Gasteiger partial charge in [0.15, 0.2) is 0 Å². The van der Waals surface area contributed by atoms with E-state index in [0.29, 0.717) is 53.8 Å². The number of amides is 4. The number of carbonyl (C=O) groups excluding carboxylic acids is 4. The van der Waals surface area contributed by atoms with Gasteiger partial charge in [-0.3, -0.25) is 19.2 Å². The van der Waals surface area contributed by atoms with Crippen molar-refractivity contribution >= 4 is 46.6 Å². The second kappa shape index (κ2) is 23.1. The van der Waals surface area contributed by atoms with Crippen molar-refractivity contribution in [1.29, 1.82) is 5.26 Å². The van der Waals surface area contributed by atoms with Crippen LogP contribution in [0.1, 0.15) is 107 Å². The molecule has 3 aromatic carbocycles. The maximum Gasteiger partial charge on any atom is 0.251 e. The number of nitriles is 1. The largest absolute Gasteiger partial charge is 0.494 e. The number of hydrogen-bond donors (Lipinski definition) is 5. The van der Waals surface area contributed by atoms with Crippen molar-refractivity contribution in [3.05, 3.63) is 99.6 Å². The molecule has 2 aliphatic rings. The maximum absolute atomic E-state index is 14.2. The summed E-state index contributed by atoms with van der Waals surface area (Å²) >= 11 is 7.81. The zero-order chi connectivity index (χ0) is 51.0. The van der Waals surface area contributed by atoms with Gasteiger partial charge in [-0.15, -0.1) is 11.3 Å². The normalized spacial score (nSPS) is 20.1. The van der Waals surface area contributed by atoms with E-state index in [4.69, 9.17) is 25.8 Å². The molecule has 6 rings (SSSR count). The highest BCUT2D eigenvalue weighted by molar-refractivity contribution is 7.13. The number of unbranched alkanes of at least 4 members (excludes halogenated alkanes) is 2. The van der Waals surface area contributed by atoms with Crippen LogP contribution in [-0.4, -0.2) is 109 Å². The lowest BCUT2D eigenvalue weighted by Crippen LogP contribution is -2.74. The average Bonchev–Trinajstić information content (AvgIpc) is 3.94. The summed E-state index contributed by atoms with van der Waals surface area (Å²) in [6.07, 6.45) is 1.18. The number of ether oxygens (including phenoxy) is 3. The predicted octanol–water partition coefficient (Wildman–Crippen LogP) is 7.39. The molecule has 0 unspecified atom stereocenters. The highest BCUT2D eigenvalue weighted by Gasteiger charge is 2.64. The number of likely N-dealkylation sites (tertiary alicyclic amines) is 1. The Morgan fingerprint density at radius 1 is 0.957 bits per heavy atom. The van der Waals surface area contributed by atoms with Crippen molar-refractivity contribution in [1.82, 2.24) is 31.2 Å². The van der Waals surface area contributed by atoms with E-state index in [1.165, 1.54) is 4.90 Å². The number of halogens is 1. The van der Waals surface area contributed by atoms with Gasteiger partial charge in [0, 0.05) is 54.6 Å². The summed E-state index contributed by atoms with van der Waals surface area (Å²) in [5, 5.41) is 32.6. The van der Waals surface area contributed by atoms with Gasteiger partial charge >= 0.3 is 0 Å². The number of carbonyl (C=O) groups is 4. The molecule has 4 atom stereocenters. The van der Waals surface area contributed by atoms with Crippen LogP contribution in [0.4, 0.5) is 0 Å². The zero-order valence-corrected chi connectivity index (χ0v) is 43.3. The number of rotatable bonds is 21. The van der Waals surface area contributed by atoms with E-state index < -0.39 is 52.3 Å². The Kier molecular flexibility index (Phi) is 17.8. The number of likely N-dealkylation sites (N-methyl/N-ethyl adjacent to an activating group) is 1. The number of aryl methyl sites for hydroxylation is 1. The lowest BCUT2D eigenvalue weighted by atomic mass is 9.49. The minimum absolute atomic E-state index is 0.0302. The van der Waals surface area contributed by atoms with Crippen LogP contribution in [0.15, 0.2) is 72.2 Å². The van der Waals surface area contributed by atoms with E-state index >= 15 is 0 Å². The number of β-amino-alcohol motifs (C(OH)–C–C–N with tert-alkyl or cyclic N) is 1. The highest BCUT2D eigenvalue weighted by Crippen LogP contribution is 2.55. The van der Waals surface area contributed by atoms with Crippen molar-refractivity contribution in [3.8, 4) is 28.0 Å². The summed E-state index contributed by atoms with van der Waals surface area (Å²) in [5.41, 5.74) is 4.09. The minimum Gasteiger partial charge on any atom is -0.494 e. The van der Waals surface area contributed by atoms with Gasteiger partial charge in [-0.05, 0) is 86.2 Å². The van der Waals surface area contributed by atoms with Gasteiger partial charge in [-0.2, -0.15) is 5.26 Å². The molecule has 4 amide bonds. The van der Waals surface area contributed by atoms with Crippen LogP contribution in [0.5, 0.6) is 11.5 Å². The zero-order valence-electron chi connectivity index (χ0n) is 41.7. The first-order valence-corrected chi connectivity index (χ1v) is 25.1. The van der Waals surface area contributed by atoms with Crippen molar-refractivity contribution in [2.24, 2.45) is 16.2 Å². The SMILES string of the molecule is CNC[C@@H](NC(=O)[C@@H]1C[C@@H](O)CN1C(=O)[C@@H](NC(=O)COCCCCCOc1ccc(C(=O)N[C@H]2C(C)(C)[C@H](Oc3ccc(C#N)c(Cl)c3)C2(C)C)cc1)C(C)(C)C)c1ccc(-c2scnc2C)cc1. The Bertz CT molecular complexity index is 2490. The second-order valence-electron chi connectivity index (χ2n) is 20.6. The molecule has 1 saturated heterocycles. The molecule has 4 aromatic rings. The lowest BCUT2D eigenvalue weighted by molar-refractivity contribution is -0.164. The summed E-state index contributed by atoms with van der Waals surface area (Å²) in [7, 11) is 1.80. The molecule has 0 bridgehead atoms. The standard InChI is InChI=1S/C53H68ClN7O8S/c1-32-44(70-31-57-32)34-15-13-33(14-16-34)41(28-56-9)58-47(65)42-25-37(62)29-61(42)48(66)45(51(2,3)4)59-43(63)30-67-23-11-10-12-24-68-38-20-17-35(18-21-38)46(64)60-49-52(5,6)50(53(49,7)8)69-39-22-19-36(27-55)40(54)26-39/h13-22,26,31,37,41-42,45,49-50,56,62H,10-12,23-25,28-30H2,1-9H3,(H,58,65)(H,59,63)(H,60,64)/t37-,41-,42+,45-,49-,50-/m1/s1. The van der Waals surface area contributed by atoms with Crippen LogP contribution in [0.25, 0.3) is 10.4 Å². The Morgan fingerprint density at radius 3 is 2.24 bits per heavy atom. The quantitative estimate of drug-likeness (QED) is 0.0521. The molecule has 17 heteroatoms. The number of thiazole rings is 1. The monoisotopic (exact) mass is 997 g/mol. The third kappa shape index (κ3) is 12.8. The Morgan fingerprint density at radius 2 is 1.63 bits per heavy atom. The van der Waals surface area contributed by atoms with E-state index in [0.717, 1.165) is 34.5 Å². The number of benzene rings is 3. The molecule has 0 radical (unpaired) electrons. The first-order chi connectivity index (χ1) is 33.1. The van der Waals surface area contributed by atoms with E-state index in [1.807, 2.05) is 57.5 Å². The number of aliphatic hydroxyl groups excluding tert-OH is 1. The maximum atomic E-state index is 14.2. The van der Waals surface area contributed by atoms with Gasteiger partial charge in [-0.25, -0.2) is 4.98 Å². The predicted molar refractivity (Wildman–Crippen MR) is 271 cm³/mol. The number of nitrogens with zero attached hydrogens (tertiary/aromatic N) is 3. The molecule has 2 heterocycles. The van der Waals surface area contributed by atoms with Crippen LogP contribution >= 0.6 is 22.9 Å². The number of aliphatic hydroxyl groups is 1. The summed E-state index contributed by atoms with van der Waals surface area (Å²) < 4.78 is 18.0. The molecule has 1 saturated carbocycles. The van der Waals surface area contributed by atoms with E-state index in [-0.39, 0.29) is 43.5 Å². The molecule has 1 aliphatic carbocycles. The third-order valence-electron chi connectivity index (χ3n) is 13.3. The van der Waals surface area contributed by atoms with Gasteiger partial charge in [0.25, 0.3) is 5.91 Å². The number of hydrogen-bond acceptors (Lipinski definition) is 12. The Balaban J connectivity index is 0.903. The summed E-state index contributed by atoms with van der Waals surface area (Å²) in [6, 6.07) is 19.6. The van der Waals surface area contributed by atoms with Crippen LogP contribution in [-0.2, 0) is 19.1 Å². The van der Waals surface area contributed by atoms with Crippen molar-refractivity contribution in [2.45, 2.75) is 117 Å². The fraction of sp³-hybridized carbons (Fsp3) is 0.509. The van der Waals surface area contributed by atoms with Gasteiger partial charge < -0.3 is 45.5 Å². The summed E-state index contributed by atoms with van der Waals surface area (Å²) in [6.45, 7) is 16.7. The first-order valence-electron chi connectivity index (χ1n) is 23.9. The topological polar surface area (TPSA) is 204 Å². The summed E-state index contributed by atoms with van der Waals surface area (Å²) in [4.78, 5) is 61.4. The first kappa shape index (κ1) is 53.8. The van der Waals surface area contributed by atoms with Crippen molar-refractivity contribution in [2.75, 3.05) is 40.0 Å². The van der Waals surface area contributed by atoms with Crippen LogP contribution in [0.2, 0.25) is 5.02 Å². The van der Waals surface area contributed by atoms with Crippen LogP contribution < -0.4 is 30.7 Å². The third-order valence-corrected chi connectivity index (χ3v) is 14.6. The molecule has 1 aliphatic heterocycles. The number of aromatic nitrogens is 1. The molecule has 2 fully saturated rings. The number of nitrogens with one attached hydrogen (secondary N) is 4. The second-order valence-corrected chi connectivity index (χ2v) is 21.8. The molecule has 15 nitrogen and oxygen atoms in total. The van der Waals surface area contributed by atoms with E-state index in [1.54, 1.807) is 60.8 Å². The average molecular weight is 999 g/mol. The van der Waals surface area contributed by atoms with E-state index in [2.05, 4.69) is 60.0 Å². The molecule has 376 valence electrons. The molecule has 5 N–H and O–H groups in total. The van der Waals surface area contributed by atoms with Crippen LogP contribution in [0.3, 0.4) is 0 Å². The van der Waals surface area contributed by atoms with Crippen LogP contribution in [0, 0.1) is 34.5 Å². The summed E-state index contributed by atoms with van der Waals surface area (Å²) in [5.74, 6) is -0.260. The molecular formula is C53H68ClN7O8S. The van der Waals surface area contributed by atoms with Crippen molar-refractivity contribution < 1.29 is 38.5 Å². The van der Waals surface area contributed by atoms with Gasteiger partial charge in [0.05, 0.1) is 45.4 Å². The molecule has 0 spiro atoms. The lowest BCUT2D eigenvalue weighted by Gasteiger charge is -2.63. The highest BCUT2D eigenvalue weighted by atomic mass is 35.5. The van der Waals surface area contributed by atoms with E-state index in [9.17, 15) is 29.5 Å². The smallest absolute Gasteiger partial charge is 0.251 e. The Hall–Kier alpha value is -5.57. The fourth-order valence-electron chi connectivity index (χ4n) is 9.84. The molecular weight excluding hydrogens is 930 g/mol. The molecule has 1 aromatic heterocycles. The van der Waals surface area contributed by atoms with Gasteiger partial charge in [0.2, 0.25) is 17.7 Å². The van der Waals surface area contributed by atoms with Crippen molar-refractivity contribution in [3.63, 3.8) is 0 Å². The molecule has 70 heavy (non-hydrogen) atoms. The Labute approximate surface area is 421 Å².